The van der Waals surface area contributed by atoms with Crippen molar-refractivity contribution in [3.63, 3.8) is 0 Å². The van der Waals surface area contributed by atoms with E-state index in [4.69, 9.17) is 4.74 Å². The van der Waals surface area contributed by atoms with E-state index < -0.39 is 0 Å². The highest BCUT2D eigenvalue weighted by molar-refractivity contribution is 4.93. The number of hydrogen-bond acceptors (Lipinski definition) is 2. The molecule has 2 nitrogen and oxygen atoms in total. The molecular formula is C9H14O2. The van der Waals surface area contributed by atoms with E-state index in [-0.39, 0.29) is 12.2 Å². The van der Waals surface area contributed by atoms with Gasteiger partial charge in [0.05, 0.1) is 12.4 Å². The van der Waals surface area contributed by atoms with Crippen molar-refractivity contribution in [3.8, 4) is 0 Å². The topological polar surface area (TPSA) is 29.5 Å². The van der Waals surface area contributed by atoms with Crippen LogP contribution >= 0.6 is 0 Å². The Labute approximate surface area is 66.9 Å². The summed E-state index contributed by atoms with van der Waals surface area (Å²) in [5, 5.41) is 9.55. The van der Waals surface area contributed by atoms with Crippen LogP contribution in [-0.4, -0.2) is 17.3 Å². The summed E-state index contributed by atoms with van der Waals surface area (Å²) in [5.41, 5.74) is 0. The molecular weight excluding hydrogens is 140 g/mol. The molecule has 0 bridgehead atoms. The molecule has 0 saturated heterocycles. The zero-order valence-electron chi connectivity index (χ0n) is 6.57. The molecule has 3 atom stereocenters. The van der Waals surface area contributed by atoms with Crippen LogP contribution in [0.1, 0.15) is 25.7 Å². The third kappa shape index (κ3) is 1.27. The molecule has 2 rings (SSSR count). The van der Waals surface area contributed by atoms with E-state index in [9.17, 15) is 5.11 Å². The molecule has 2 heteroatoms. The molecule has 0 aromatic heterocycles. The highest BCUT2D eigenvalue weighted by atomic mass is 16.5. The van der Waals surface area contributed by atoms with Gasteiger partial charge >= 0.3 is 0 Å². The minimum atomic E-state index is -0.223. The lowest BCUT2D eigenvalue weighted by molar-refractivity contribution is -0.0590. The Morgan fingerprint density at radius 1 is 1.36 bits per heavy atom. The number of hydrogen-bond donors (Lipinski definition) is 1. The van der Waals surface area contributed by atoms with Gasteiger partial charge in [0.2, 0.25) is 0 Å². The van der Waals surface area contributed by atoms with E-state index in [1.54, 1.807) is 6.26 Å². The Morgan fingerprint density at radius 3 is 3.09 bits per heavy atom. The maximum atomic E-state index is 9.55. The third-order valence-corrected chi connectivity index (χ3v) is 2.69. The second-order valence-electron chi connectivity index (χ2n) is 3.47. The first-order valence-corrected chi connectivity index (χ1v) is 4.36. The van der Waals surface area contributed by atoms with Crippen LogP contribution in [0, 0.1) is 5.92 Å². The predicted molar refractivity (Wildman–Crippen MR) is 42.0 cm³/mol. The van der Waals surface area contributed by atoms with Crippen molar-refractivity contribution >= 4 is 0 Å². The molecule has 0 aromatic rings. The summed E-state index contributed by atoms with van der Waals surface area (Å²) < 4.78 is 5.36. The van der Waals surface area contributed by atoms with E-state index in [1.165, 1.54) is 6.42 Å². The van der Waals surface area contributed by atoms with Crippen molar-refractivity contribution in [1.29, 1.82) is 0 Å². The van der Waals surface area contributed by atoms with Crippen molar-refractivity contribution in [3.05, 3.63) is 12.3 Å². The Kier molecular flexibility index (Phi) is 1.86. The average molecular weight is 154 g/mol. The molecule has 1 fully saturated rings. The fourth-order valence-electron chi connectivity index (χ4n) is 2.06. The molecule has 1 aliphatic heterocycles. The molecule has 0 aromatic carbocycles. The molecule has 1 saturated carbocycles. The van der Waals surface area contributed by atoms with Crippen molar-refractivity contribution in [2.24, 2.45) is 5.92 Å². The van der Waals surface area contributed by atoms with E-state index in [0.29, 0.717) is 5.92 Å². The highest BCUT2D eigenvalue weighted by Crippen LogP contribution is 2.32. The molecule has 1 N–H and O–H groups in total. The largest absolute Gasteiger partial charge is 0.495 e. The number of aliphatic hydroxyl groups is 1. The van der Waals surface area contributed by atoms with Gasteiger partial charge in [0.15, 0.2) is 0 Å². The number of allylic oxidation sites excluding steroid dienone is 1. The number of ether oxygens (including phenoxy) is 1. The summed E-state index contributed by atoms with van der Waals surface area (Å²) in [6.07, 6.45) is 8.02. The standard InChI is InChI=1S/C9H14O2/c10-8-5-1-3-7-4-2-6-11-9(7)8/h2,6-10H,1,3-5H2/t7-,8+,9+/m0/s1. The van der Waals surface area contributed by atoms with Gasteiger partial charge in [-0.15, -0.1) is 0 Å². The van der Waals surface area contributed by atoms with Crippen molar-refractivity contribution < 1.29 is 9.84 Å². The molecule has 0 radical (unpaired) electrons. The highest BCUT2D eigenvalue weighted by Gasteiger charge is 2.33. The van der Waals surface area contributed by atoms with Gasteiger partial charge in [-0.3, -0.25) is 0 Å². The Hall–Kier alpha value is -0.500. The van der Waals surface area contributed by atoms with Crippen LogP contribution in [0.3, 0.4) is 0 Å². The SMILES string of the molecule is O[C@@H]1CCC[C@H]2CC=CO[C@H]21. The van der Waals surface area contributed by atoms with E-state index >= 15 is 0 Å². The minimum Gasteiger partial charge on any atom is -0.495 e. The zero-order chi connectivity index (χ0) is 7.68. The fraction of sp³-hybridized carbons (Fsp3) is 0.778. The van der Waals surface area contributed by atoms with Gasteiger partial charge in [-0.05, 0) is 25.3 Å². The lowest BCUT2D eigenvalue weighted by atomic mass is 9.81. The first-order chi connectivity index (χ1) is 5.38. The van der Waals surface area contributed by atoms with Crippen LogP contribution in [0.2, 0.25) is 0 Å². The van der Waals surface area contributed by atoms with Gasteiger partial charge in [0, 0.05) is 5.92 Å². The molecule has 0 unspecified atom stereocenters. The van der Waals surface area contributed by atoms with Gasteiger partial charge in [-0.1, -0.05) is 6.42 Å². The van der Waals surface area contributed by atoms with Gasteiger partial charge < -0.3 is 9.84 Å². The van der Waals surface area contributed by atoms with E-state index in [2.05, 4.69) is 6.08 Å². The quantitative estimate of drug-likeness (QED) is 0.572. The van der Waals surface area contributed by atoms with Crippen molar-refractivity contribution in [1.82, 2.24) is 0 Å². The molecule has 11 heavy (non-hydrogen) atoms. The number of aliphatic hydroxyl groups excluding tert-OH is 1. The number of rotatable bonds is 0. The fourth-order valence-corrected chi connectivity index (χ4v) is 2.06. The summed E-state index contributed by atoms with van der Waals surface area (Å²) in [6, 6.07) is 0. The first kappa shape index (κ1) is 7.17. The molecule has 0 amide bonds. The van der Waals surface area contributed by atoms with Crippen molar-refractivity contribution in [2.45, 2.75) is 37.9 Å². The summed E-state index contributed by atoms with van der Waals surface area (Å²) in [4.78, 5) is 0. The number of fused-ring (bicyclic) bond motifs is 1. The lowest BCUT2D eigenvalue weighted by Crippen LogP contribution is -2.39. The Balaban J connectivity index is 2.07. The molecule has 2 aliphatic rings. The zero-order valence-corrected chi connectivity index (χ0v) is 6.57. The smallest absolute Gasteiger partial charge is 0.127 e. The third-order valence-electron chi connectivity index (χ3n) is 2.69. The summed E-state index contributed by atoms with van der Waals surface area (Å²) in [6.45, 7) is 0. The van der Waals surface area contributed by atoms with E-state index in [0.717, 1.165) is 19.3 Å². The maximum absolute atomic E-state index is 9.55. The monoisotopic (exact) mass is 154 g/mol. The lowest BCUT2D eigenvalue weighted by Gasteiger charge is -2.36. The minimum absolute atomic E-state index is 0.0914. The molecule has 1 heterocycles. The first-order valence-electron chi connectivity index (χ1n) is 4.36. The Bertz CT molecular complexity index is 165. The molecule has 0 spiro atoms. The molecule has 62 valence electrons. The van der Waals surface area contributed by atoms with Crippen LogP contribution in [0.5, 0.6) is 0 Å². The second kappa shape index (κ2) is 2.86. The van der Waals surface area contributed by atoms with Crippen LogP contribution in [0.15, 0.2) is 12.3 Å². The predicted octanol–water partition coefficient (Wildman–Crippen LogP) is 1.45. The summed E-state index contributed by atoms with van der Waals surface area (Å²) in [5.74, 6) is 0.573. The van der Waals surface area contributed by atoms with E-state index in [1.807, 2.05) is 0 Å². The van der Waals surface area contributed by atoms with Gasteiger partial charge in [0.1, 0.15) is 6.10 Å². The van der Waals surface area contributed by atoms with Crippen LogP contribution in [-0.2, 0) is 4.74 Å². The van der Waals surface area contributed by atoms with Gasteiger partial charge in [-0.25, -0.2) is 0 Å². The van der Waals surface area contributed by atoms with Gasteiger partial charge in [0.25, 0.3) is 0 Å². The van der Waals surface area contributed by atoms with Crippen molar-refractivity contribution in [2.75, 3.05) is 0 Å². The second-order valence-corrected chi connectivity index (χ2v) is 3.47. The normalized spacial score (nSPS) is 42.8. The summed E-state index contributed by atoms with van der Waals surface area (Å²) >= 11 is 0. The summed E-state index contributed by atoms with van der Waals surface area (Å²) in [7, 11) is 0. The van der Waals surface area contributed by atoms with Crippen LogP contribution < -0.4 is 0 Å². The molecule has 1 aliphatic carbocycles. The average Bonchev–Trinajstić information content (AvgIpc) is 2.06. The Morgan fingerprint density at radius 2 is 2.27 bits per heavy atom. The maximum Gasteiger partial charge on any atom is 0.127 e. The van der Waals surface area contributed by atoms with Gasteiger partial charge in [-0.2, -0.15) is 0 Å². The van der Waals surface area contributed by atoms with Crippen LogP contribution in [0.25, 0.3) is 0 Å². The van der Waals surface area contributed by atoms with Crippen LogP contribution in [0.4, 0.5) is 0 Å².